The zero-order valence-corrected chi connectivity index (χ0v) is 5.71. The quantitative estimate of drug-likeness (QED) is 0.522. The second-order valence-electron chi connectivity index (χ2n) is 3.58. The molecule has 0 saturated heterocycles. The molecule has 0 spiro atoms. The van der Waals surface area contributed by atoms with Gasteiger partial charge in [-0.15, -0.1) is 0 Å². The molecule has 2 bridgehead atoms. The summed E-state index contributed by atoms with van der Waals surface area (Å²) < 4.78 is 0. The van der Waals surface area contributed by atoms with Gasteiger partial charge in [-0.05, 0) is 37.5 Å². The fraction of sp³-hybridized carbons (Fsp3) is 1.00. The van der Waals surface area contributed by atoms with Crippen LogP contribution in [0.15, 0.2) is 0 Å². The van der Waals surface area contributed by atoms with Gasteiger partial charge < -0.3 is 5.11 Å². The molecule has 2 fully saturated rings. The lowest BCUT2D eigenvalue weighted by Gasteiger charge is -2.23. The van der Waals surface area contributed by atoms with E-state index in [-0.39, 0.29) is 6.10 Å². The summed E-state index contributed by atoms with van der Waals surface area (Å²) in [6.07, 6.45) is 6.44. The molecule has 3 atom stereocenters. The van der Waals surface area contributed by atoms with Crippen LogP contribution in [0.1, 0.15) is 32.1 Å². The zero-order chi connectivity index (χ0) is 6.27. The van der Waals surface area contributed by atoms with Gasteiger partial charge in [-0.2, -0.15) is 0 Å². The highest BCUT2D eigenvalue weighted by atomic mass is 16.3. The number of aliphatic hydroxyl groups is 1. The second kappa shape index (κ2) is 1.98. The summed E-state index contributed by atoms with van der Waals surface area (Å²) in [6, 6.07) is 0. The molecule has 2 rings (SSSR count). The minimum absolute atomic E-state index is 0.0590. The van der Waals surface area contributed by atoms with E-state index in [0.29, 0.717) is 5.92 Å². The van der Waals surface area contributed by atoms with Crippen LogP contribution in [0, 0.1) is 11.8 Å². The maximum absolute atomic E-state index is 9.40. The van der Waals surface area contributed by atoms with Crippen LogP contribution in [0.25, 0.3) is 0 Å². The molecular weight excluding hydrogens is 112 g/mol. The summed E-state index contributed by atoms with van der Waals surface area (Å²) in [4.78, 5) is 0. The highest BCUT2D eigenvalue weighted by molar-refractivity contribution is 4.85. The summed E-state index contributed by atoms with van der Waals surface area (Å²) >= 11 is 0. The lowest BCUT2D eigenvalue weighted by atomic mass is 9.87. The molecule has 0 aliphatic heterocycles. The van der Waals surface area contributed by atoms with E-state index >= 15 is 0 Å². The van der Waals surface area contributed by atoms with E-state index in [2.05, 4.69) is 0 Å². The molecule has 0 radical (unpaired) electrons. The Hall–Kier alpha value is -0.0400. The van der Waals surface area contributed by atoms with E-state index in [1.165, 1.54) is 25.7 Å². The number of fused-ring (bicyclic) bond motifs is 2. The molecule has 0 amide bonds. The number of hydrogen-bond donors (Lipinski definition) is 1. The van der Waals surface area contributed by atoms with Crippen LogP contribution in [-0.2, 0) is 0 Å². The van der Waals surface area contributed by atoms with E-state index in [1.807, 2.05) is 0 Å². The third-order valence-corrected chi connectivity index (χ3v) is 3.00. The third-order valence-electron chi connectivity index (χ3n) is 3.00. The van der Waals surface area contributed by atoms with Gasteiger partial charge in [-0.3, -0.25) is 0 Å². The minimum Gasteiger partial charge on any atom is -0.393 e. The van der Waals surface area contributed by atoms with Crippen molar-refractivity contribution in [2.75, 3.05) is 0 Å². The summed E-state index contributed by atoms with van der Waals surface area (Å²) in [5.41, 5.74) is 0. The molecule has 0 aromatic heterocycles. The summed E-state index contributed by atoms with van der Waals surface area (Å²) in [7, 11) is 0. The highest BCUT2D eigenvalue weighted by Crippen LogP contribution is 2.41. The van der Waals surface area contributed by atoms with Crippen molar-refractivity contribution in [3.05, 3.63) is 0 Å². The van der Waals surface area contributed by atoms with Crippen molar-refractivity contribution in [3.8, 4) is 0 Å². The van der Waals surface area contributed by atoms with Gasteiger partial charge >= 0.3 is 0 Å². The highest BCUT2D eigenvalue weighted by Gasteiger charge is 2.34. The van der Waals surface area contributed by atoms with E-state index in [9.17, 15) is 5.11 Å². The van der Waals surface area contributed by atoms with Crippen molar-refractivity contribution in [2.45, 2.75) is 38.2 Å². The molecule has 9 heavy (non-hydrogen) atoms. The molecule has 52 valence electrons. The van der Waals surface area contributed by atoms with Gasteiger partial charge in [0.05, 0.1) is 6.10 Å². The predicted molar refractivity (Wildman–Crippen MR) is 36.1 cm³/mol. The lowest BCUT2D eigenvalue weighted by molar-refractivity contribution is 0.0770. The van der Waals surface area contributed by atoms with E-state index < -0.39 is 0 Å². The monoisotopic (exact) mass is 126 g/mol. The van der Waals surface area contributed by atoms with Crippen molar-refractivity contribution < 1.29 is 5.11 Å². The van der Waals surface area contributed by atoms with Crippen LogP contribution >= 0.6 is 0 Å². The SMILES string of the molecule is OC1CC[C@H]2CC[C@H]1C2. The Bertz CT molecular complexity index is 111. The fourth-order valence-electron chi connectivity index (χ4n) is 2.37. The normalized spacial score (nSPS) is 49.7. The van der Waals surface area contributed by atoms with Gasteiger partial charge in [-0.25, -0.2) is 0 Å². The van der Waals surface area contributed by atoms with Crippen molar-refractivity contribution >= 4 is 0 Å². The predicted octanol–water partition coefficient (Wildman–Crippen LogP) is 1.56. The van der Waals surface area contributed by atoms with Crippen LogP contribution < -0.4 is 0 Å². The van der Waals surface area contributed by atoms with Crippen LogP contribution in [0.5, 0.6) is 0 Å². The second-order valence-corrected chi connectivity index (χ2v) is 3.58. The first-order valence-electron chi connectivity index (χ1n) is 4.04. The Morgan fingerprint density at radius 2 is 1.78 bits per heavy atom. The molecule has 1 heteroatoms. The Kier molecular flexibility index (Phi) is 1.26. The van der Waals surface area contributed by atoms with Gasteiger partial charge in [0.25, 0.3) is 0 Å². The number of rotatable bonds is 0. The molecule has 0 aromatic carbocycles. The number of aliphatic hydroxyl groups excluding tert-OH is 1. The van der Waals surface area contributed by atoms with E-state index in [1.54, 1.807) is 0 Å². The summed E-state index contributed by atoms with van der Waals surface area (Å²) in [5.74, 6) is 1.67. The smallest absolute Gasteiger partial charge is 0.0568 e. The molecule has 2 saturated carbocycles. The Labute approximate surface area is 56.1 Å². The van der Waals surface area contributed by atoms with Gasteiger partial charge in [0.15, 0.2) is 0 Å². The number of hydrogen-bond acceptors (Lipinski definition) is 1. The average molecular weight is 126 g/mol. The maximum atomic E-state index is 9.40. The fourth-order valence-corrected chi connectivity index (χ4v) is 2.37. The van der Waals surface area contributed by atoms with E-state index in [4.69, 9.17) is 0 Å². The van der Waals surface area contributed by atoms with Crippen molar-refractivity contribution in [2.24, 2.45) is 11.8 Å². The molecule has 0 heterocycles. The lowest BCUT2D eigenvalue weighted by Crippen LogP contribution is -2.22. The average Bonchev–Trinajstić information content (AvgIpc) is 2.25. The van der Waals surface area contributed by atoms with Crippen molar-refractivity contribution in [1.29, 1.82) is 0 Å². The van der Waals surface area contributed by atoms with Gasteiger partial charge in [0.1, 0.15) is 0 Å². The molecule has 0 aromatic rings. The van der Waals surface area contributed by atoms with Gasteiger partial charge in [-0.1, -0.05) is 6.42 Å². The molecule has 1 N–H and O–H groups in total. The topological polar surface area (TPSA) is 20.2 Å². The van der Waals surface area contributed by atoms with Crippen LogP contribution in [-0.4, -0.2) is 11.2 Å². The van der Waals surface area contributed by atoms with Crippen LogP contribution in [0.2, 0.25) is 0 Å². The maximum Gasteiger partial charge on any atom is 0.0568 e. The molecule has 2 aliphatic carbocycles. The van der Waals surface area contributed by atoms with Gasteiger partial charge in [0.2, 0.25) is 0 Å². The molecule has 1 unspecified atom stereocenters. The first-order chi connectivity index (χ1) is 4.36. The van der Waals surface area contributed by atoms with Gasteiger partial charge in [0, 0.05) is 0 Å². The van der Waals surface area contributed by atoms with Crippen molar-refractivity contribution in [3.63, 3.8) is 0 Å². The standard InChI is InChI=1S/C8H14O/c9-8-4-2-6-1-3-7(8)5-6/h6-9H,1-5H2/t6-,7+,8?/m1/s1. The van der Waals surface area contributed by atoms with E-state index in [0.717, 1.165) is 12.3 Å². The zero-order valence-electron chi connectivity index (χ0n) is 5.71. The Morgan fingerprint density at radius 3 is 2.56 bits per heavy atom. The molecule has 1 nitrogen and oxygen atoms in total. The molecule has 2 aliphatic rings. The first-order valence-corrected chi connectivity index (χ1v) is 4.04. The Balaban J connectivity index is 2.05. The third kappa shape index (κ3) is 0.877. The van der Waals surface area contributed by atoms with Crippen LogP contribution in [0.4, 0.5) is 0 Å². The molecular formula is C8H14O. The largest absolute Gasteiger partial charge is 0.393 e. The Morgan fingerprint density at radius 1 is 1.00 bits per heavy atom. The van der Waals surface area contributed by atoms with Crippen molar-refractivity contribution in [1.82, 2.24) is 0 Å². The van der Waals surface area contributed by atoms with Crippen LogP contribution in [0.3, 0.4) is 0 Å². The minimum atomic E-state index is 0.0590. The summed E-state index contributed by atoms with van der Waals surface area (Å²) in [6.45, 7) is 0. The summed E-state index contributed by atoms with van der Waals surface area (Å²) in [5, 5.41) is 9.40. The first kappa shape index (κ1) is 5.72.